The summed E-state index contributed by atoms with van der Waals surface area (Å²) in [4.78, 5) is 13.5. The van der Waals surface area contributed by atoms with Gasteiger partial charge in [-0.1, -0.05) is 414 Å². The Hall–Kier alpha value is -16.0. The molecule has 0 N–H and O–H groups in total. The van der Waals surface area contributed by atoms with Crippen molar-refractivity contribution in [1.29, 1.82) is 0 Å². The maximum absolute atomic E-state index is 4.68. The summed E-state index contributed by atoms with van der Waals surface area (Å²) in [5, 5.41) is 0. The largest absolute Gasteiger partial charge is 0.299 e. The second-order valence-electron chi connectivity index (χ2n) is 37.2. The molecule has 0 unspecified atom stereocenters. The van der Waals surface area contributed by atoms with Crippen molar-refractivity contribution in [3.63, 3.8) is 0 Å². The fraction of sp³-hybridized carbons (Fsp3) is 0.0945. The zero-order valence-corrected chi connectivity index (χ0v) is 76.3. The quantitative estimate of drug-likeness (QED) is 0.0969. The monoisotopic (exact) mass is 1700 g/mol. The average molecular weight is 1700 g/mol. The van der Waals surface area contributed by atoms with Gasteiger partial charge < -0.3 is 0 Å². The Morgan fingerprint density at radius 2 is 0.364 bits per heavy atom. The Morgan fingerprint density at radius 1 is 0.167 bits per heavy atom. The van der Waals surface area contributed by atoms with Gasteiger partial charge in [-0.15, -0.1) is 0 Å². The summed E-state index contributed by atoms with van der Waals surface area (Å²) in [5.41, 5.74) is 44.6. The highest BCUT2D eigenvalue weighted by molar-refractivity contribution is 5.92. The highest BCUT2D eigenvalue weighted by atomic mass is 15.1. The second kappa shape index (κ2) is 37.4. The number of benzene rings is 18. The molecule has 3 aromatic heterocycles. The summed E-state index contributed by atoms with van der Waals surface area (Å²) in [6.45, 7) is 20.8. The van der Waals surface area contributed by atoms with Crippen molar-refractivity contribution >= 4 is 22.1 Å². The minimum Gasteiger partial charge on any atom is -0.299 e. The van der Waals surface area contributed by atoms with Gasteiger partial charge in [-0.05, 0) is 286 Å². The predicted octanol–water partition coefficient (Wildman–Crippen LogP) is 34.4. The van der Waals surface area contributed by atoms with Crippen LogP contribution in [0.25, 0.3) is 189 Å². The molecule has 0 atom stereocenters. The van der Waals surface area contributed by atoms with Crippen LogP contribution < -0.4 is 0 Å². The molecular formula is C127H105N5. The third-order valence-corrected chi connectivity index (χ3v) is 25.1. The molecular weight excluding hydrogens is 1600 g/mol. The molecule has 0 saturated heterocycles. The lowest BCUT2D eigenvalue weighted by Crippen LogP contribution is -2.14. The highest BCUT2D eigenvalue weighted by Gasteiger charge is 2.28. The SMILES string of the molecule is CC(C)(C)c1c(-c2ccc(-c3cc(-c4ccccc4)cc(-c4ccccc4)c3)cc2)cccc1-c1ccc(-c2cc(-c3ccccc3)cc(-c3ccccc3)c2)cc1.CC(C)(C)c1c(-c2ccc(-c3ccccc3)cc2)cccc1-c1ccc(-c2ccncc2)cc1.CC(C)(C)c1c(-c2ccc3ncn(-c4ccccc4)c3c2)cccc1-c1ccc2ncn(-c3ccccc3)c2c1. The van der Waals surface area contributed by atoms with Crippen molar-refractivity contribution in [3.8, 4) is 167 Å². The first-order valence-corrected chi connectivity index (χ1v) is 45.7. The van der Waals surface area contributed by atoms with Gasteiger partial charge in [-0.3, -0.25) is 14.1 Å². The van der Waals surface area contributed by atoms with E-state index >= 15 is 0 Å². The summed E-state index contributed by atoms with van der Waals surface area (Å²) < 4.78 is 4.33. The molecule has 5 heteroatoms. The number of para-hydroxylation sites is 2. The summed E-state index contributed by atoms with van der Waals surface area (Å²) in [6.07, 6.45) is 7.51. The van der Waals surface area contributed by atoms with Gasteiger partial charge >= 0.3 is 0 Å². The van der Waals surface area contributed by atoms with Crippen molar-refractivity contribution in [1.82, 2.24) is 24.1 Å². The number of imidazole rings is 2. The molecule has 0 radical (unpaired) electrons. The average Bonchev–Trinajstić information content (AvgIpc) is 1.46. The second-order valence-corrected chi connectivity index (χ2v) is 37.2. The van der Waals surface area contributed by atoms with Crippen LogP contribution in [0.4, 0.5) is 0 Å². The maximum atomic E-state index is 4.68. The lowest BCUT2D eigenvalue weighted by atomic mass is 9.77. The summed E-state index contributed by atoms with van der Waals surface area (Å²) in [6, 6.07) is 162. The Morgan fingerprint density at radius 3 is 0.614 bits per heavy atom. The van der Waals surface area contributed by atoms with Gasteiger partial charge in [0.05, 0.1) is 22.1 Å². The molecule has 0 amide bonds. The lowest BCUT2D eigenvalue weighted by Gasteiger charge is -2.27. The number of hydrogen-bond donors (Lipinski definition) is 0. The number of nitrogens with zero attached hydrogens (tertiary/aromatic N) is 5. The van der Waals surface area contributed by atoms with Crippen LogP contribution in [-0.4, -0.2) is 24.1 Å². The van der Waals surface area contributed by atoms with Gasteiger partial charge in [-0.2, -0.15) is 0 Å². The maximum Gasteiger partial charge on any atom is 0.100 e. The van der Waals surface area contributed by atoms with E-state index in [0.717, 1.165) is 33.4 Å². The lowest BCUT2D eigenvalue weighted by molar-refractivity contribution is 0.593. The van der Waals surface area contributed by atoms with Crippen molar-refractivity contribution in [3.05, 3.63) is 491 Å². The zero-order chi connectivity index (χ0) is 90.3. The first kappa shape index (κ1) is 85.5. The minimum atomic E-state index is -0.0908. The van der Waals surface area contributed by atoms with Gasteiger partial charge in [0.15, 0.2) is 0 Å². The van der Waals surface area contributed by atoms with E-state index in [0.29, 0.717) is 0 Å². The van der Waals surface area contributed by atoms with Crippen LogP contribution in [0.15, 0.2) is 474 Å². The van der Waals surface area contributed by atoms with Crippen molar-refractivity contribution in [2.75, 3.05) is 0 Å². The van der Waals surface area contributed by atoms with Crippen molar-refractivity contribution < 1.29 is 0 Å². The van der Waals surface area contributed by atoms with Gasteiger partial charge in [0, 0.05) is 23.8 Å². The number of hydrogen-bond acceptors (Lipinski definition) is 3. The van der Waals surface area contributed by atoms with E-state index in [-0.39, 0.29) is 16.2 Å². The van der Waals surface area contributed by atoms with Crippen LogP contribution in [0.3, 0.4) is 0 Å². The van der Waals surface area contributed by atoms with Crippen LogP contribution in [0.5, 0.6) is 0 Å². The molecule has 21 aromatic rings. The topological polar surface area (TPSA) is 48.5 Å². The van der Waals surface area contributed by atoms with E-state index in [1.165, 1.54) is 172 Å². The Balaban J connectivity index is 0.000000133. The van der Waals surface area contributed by atoms with E-state index in [1.54, 1.807) is 0 Å². The van der Waals surface area contributed by atoms with Gasteiger partial charge in [-0.25, -0.2) is 9.97 Å². The van der Waals surface area contributed by atoms with Gasteiger partial charge in [0.2, 0.25) is 0 Å². The first-order valence-electron chi connectivity index (χ1n) is 45.7. The van der Waals surface area contributed by atoms with Crippen LogP contribution >= 0.6 is 0 Å². The van der Waals surface area contributed by atoms with Crippen molar-refractivity contribution in [2.45, 2.75) is 78.6 Å². The molecule has 0 spiro atoms. The third-order valence-electron chi connectivity index (χ3n) is 25.1. The van der Waals surface area contributed by atoms with E-state index in [4.69, 9.17) is 0 Å². The fourth-order valence-electron chi connectivity index (χ4n) is 18.8. The normalized spacial score (nSPS) is 11.5. The van der Waals surface area contributed by atoms with Crippen LogP contribution in [-0.2, 0) is 16.2 Å². The molecule has 3 heterocycles. The molecule has 18 aromatic carbocycles. The molecule has 0 aliphatic carbocycles. The number of fused-ring (bicyclic) bond motifs is 2. The van der Waals surface area contributed by atoms with E-state index in [1.807, 2.05) is 37.2 Å². The first-order chi connectivity index (χ1) is 64.3. The van der Waals surface area contributed by atoms with Crippen LogP contribution in [0.2, 0.25) is 0 Å². The summed E-state index contributed by atoms with van der Waals surface area (Å²) in [7, 11) is 0. The molecule has 0 bridgehead atoms. The van der Waals surface area contributed by atoms with Crippen LogP contribution in [0.1, 0.15) is 79.0 Å². The Labute approximate surface area is 777 Å². The molecule has 0 fully saturated rings. The molecule has 0 saturated carbocycles. The number of rotatable bonds is 16. The minimum absolute atomic E-state index is 0.00615. The summed E-state index contributed by atoms with van der Waals surface area (Å²) in [5.74, 6) is 0. The molecule has 638 valence electrons. The van der Waals surface area contributed by atoms with Gasteiger partial charge in [0.1, 0.15) is 12.7 Å². The number of pyridine rings is 1. The Kier molecular flexibility index (Phi) is 24.2. The fourth-order valence-corrected chi connectivity index (χ4v) is 18.8. The summed E-state index contributed by atoms with van der Waals surface area (Å²) >= 11 is 0. The van der Waals surface area contributed by atoms with Gasteiger partial charge in [0.25, 0.3) is 0 Å². The molecule has 0 aliphatic heterocycles. The zero-order valence-electron chi connectivity index (χ0n) is 76.3. The van der Waals surface area contributed by atoms with E-state index < -0.39 is 0 Å². The smallest absolute Gasteiger partial charge is 0.100 e. The van der Waals surface area contributed by atoms with E-state index in [9.17, 15) is 0 Å². The highest BCUT2D eigenvalue weighted by Crippen LogP contribution is 2.47. The number of aromatic nitrogens is 5. The van der Waals surface area contributed by atoms with E-state index in [2.05, 4.69) is 523 Å². The standard InChI is InChI=1S/C58H46.C36H30N4.C33H29N/c1-58(2,3)57-55(47-31-27-45(28-32-47)53-37-49(41-17-8-4-9-18-41)35-50(38-53)42-19-10-5-11-20-42)25-16-26-56(57)48-33-29-46(30-34-48)54-39-51(43-21-12-6-13-22-43)36-52(40-54)44-23-14-7-15-24-44;1-36(2,3)35-29(25-17-19-31-33(21-25)39(23-37-31)27-11-6-4-7-12-27)15-10-16-30(35)26-18-20-32-34(22-26)40(24-38-32)28-13-8-5-9-14-28;1-33(2,3)32-30(28-16-12-25(13-17-28)24-8-5-4-6-9-24)10-7-11-31(32)29-18-14-26(15-19-29)27-20-22-34-23-21-27/h4-40H,1-3H3;4-24H,1-3H3;4-23H,1-3H3. The third kappa shape index (κ3) is 18.6. The molecule has 21 rings (SSSR count). The molecule has 5 nitrogen and oxygen atoms in total. The molecule has 0 aliphatic rings. The van der Waals surface area contributed by atoms with Crippen LogP contribution in [0, 0.1) is 0 Å². The predicted molar refractivity (Wildman–Crippen MR) is 559 cm³/mol. The Bertz CT molecular complexity index is 7020. The molecule has 132 heavy (non-hydrogen) atoms. The van der Waals surface area contributed by atoms with Crippen molar-refractivity contribution in [2.24, 2.45) is 0 Å².